The quantitative estimate of drug-likeness (QED) is 0.863. The number of rotatable bonds is 6. The molecule has 0 unspecified atom stereocenters. The van der Waals surface area contributed by atoms with Crippen molar-refractivity contribution < 1.29 is 0 Å². The molecule has 0 spiro atoms. The maximum atomic E-state index is 6.07. The highest BCUT2D eigenvalue weighted by atomic mass is 35.5. The third-order valence-corrected chi connectivity index (χ3v) is 5.54. The molecular weight excluding hydrogens is 330 g/mol. The number of nitrogens with zero attached hydrogens (tertiary/aromatic N) is 4. The van der Waals surface area contributed by atoms with Crippen LogP contribution in [0.1, 0.15) is 30.5 Å². The first kappa shape index (κ1) is 16.6. The molecule has 0 aromatic carbocycles. The predicted molar refractivity (Wildman–Crippen MR) is 95.0 cm³/mol. The van der Waals surface area contributed by atoms with Gasteiger partial charge in [-0.05, 0) is 38.3 Å². The Balaban J connectivity index is 1.42. The minimum Gasteiger partial charge on any atom is -0.368 e. The van der Waals surface area contributed by atoms with Crippen molar-refractivity contribution in [3.8, 4) is 0 Å². The Bertz CT molecular complexity index is 624. The SMILES string of the molecule is CCc1nc(CN2CCC(CNc3ncncc3Cl)CC2)cs1. The standard InChI is InChI=1S/C16H22ClN5S/c1-2-15-21-13(10-23-15)9-22-5-3-12(4-6-22)7-19-16-14(17)8-18-11-20-16/h8,10-12H,2-7,9H2,1H3,(H,18,19,20). The van der Waals surface area contributed by atoms with Gasteiger partial charge in [-0.2, -0.15) is 0 Å². The van der Waals surface area contributed by atoms with E-state index in [1.54, 1.807) is 17.5 Å². The molecule has 2 aromatic heterocycles. The topological polar surface area (TPSA) is 53.9 Å². The summed E-state index contributed by atoms with van der Waals surface area (Å²) < 4.78 is 0. The van der Waals surface area contributed by atoms with E-state index in [1.165, 1.54) is 29.9 Å². The van der Waals surface area contributed by atoms with Crippen LogP contribution < -0.4 is 5.32 Å². The molecule has 2 aromatic rings. The Labute approximate surface area is 146 Å². The summed E-state index contributed by atoms with van der Waals surface area (Å²) in [5.41, 5.74) is 1.22. The average molecular weight is 352 g/mol. The van der Waals surface area contributed by atoms with Crippen LogP contribution in [0.3, 0.4) is 0 Å². The molecule has 0 radical (unpaired) electrons. The molecule has 0 bridgehead atoms. The first-order valence-electron chi connectivity index (χ1n) is 8.09. The number of halogens is 1. The van der Waals surface area contributed by atoms with Crippen molar-refractivity contribution in [2.45, 2.75) is 32.7 Å². The van der Waals surface area contributed by atoms with Crippen molar-refractivity contribution in [3.63, 3.8) is 0 Å². The largest absolute Gasteiger partial charge is 0.368 e. The van der Waals surface area contributed by atoms with E-state index < -0.39 is 0 Å². The second kappa shape index (κ2) is 8.04. The van der Waals surface area contributed by atoms with Gasteiger partial charge in [0.15, 0.2) is 0 Å². The molecule has 1 aliphatic rings. The maximum Gasteiger partial charge on any atom is 0.148 e. The van der Waals surface area contributed by atoms with Crippen LogP contribution in [0.15, 0.2) is 17.9 Å². The number of likely N-dealkylation sites (tertiary alicyclic amines) is 1. The van der Waals surface area contributed by atoms with Gasteiger partial charge in [-0.15, -0.1) is 11.3 Å². The number of anilines is 1. The number of aryl methyl sites for hydroxylation is 1. The summed E-state index contributed by atoms with van der Waals surface area (Å²) >= 11 is 7.84. The van der Waals surface area contributed by atoms with Crippen molar-refractivity contribution >= 4 is 28.8 Å². The minimum atomic E-state index is 0.584. The van der Waals surface area contributed by atoms with Gasteiger partial charge in [-0.3, -0.25) is 4.90 Å². The predicted octanol–water partition coefficient (Wildman–Crippen LogP) is 3.47. The van der Waals surface area contributed by atoms with E-state index in [4.69, 9.17) is 11.6 Å². The summed E-state index contributed by atoms with van der Waals surface area (Å²) in [6, 6.07) is 0. The zero-order valence-corrected chi connectivity index (χ0v) is 14.9. The molecule has 3 heterocycles. The Morgan fingerprint density at radius 1 is 1.39 bits per heavy atom. The van der Waals surface area contributed by atoms with Crippen LogP contribution in [0.2, 0.25) is 5.02 Å². The van der Waals surface area contributed by atoms with E-state index in [2.05, 4.69) is 37.5 Å². The van der Waals surface area contributed by atoms with Crippen LogP contribution >= 0.6 is 22.9 Å². The van der Waals surface area contributed by atoms with E-state index in [-0.39, 0.29) is 0 Å². The number of piperidine rings is 1. The maximum absolute atomic E-state index is 6.07. The first-order valence-corrected chi connectivity index (χ1v) is 9.35. The fourth-order valence-corrected chi connectivity index (χ4v) is 3.75. The van der Waals surface area contributed by atoms with Crippen LogP contribution in [0.25, 0.3) is 0 Å². The Kier molecular flexibility index (Phi) is 5.80. The molecule has 1 fully saturated rings. The van der Waals surface area contributed by atoms with Gasteiger partial charge in [0.25, 0.3) is 0 Å². The van der Waals surface area contributed by atoms with Gasteiger partial charge in [0, 0.05) is 18.5 Å². The molecule has 0 aliphatic carbocycles. The molecule has 5 nitrogen and oxygen atoms in total. The number of aromatic nitrogens is 3. The number of nitrogens with one attached hydrogen (secondary N) is 1. The van der Waals surface area contributed by atoms with Crippen LogP contribution in [-0.4, -0.2) is 39.5 Å². The normalized spacial score (nSPS) is 16.6. The lowest BCUT2D eigenvalue weighted by atomic mass is 9.96. The summed E-state index contributed by atoms with van der Waals surface area (Å²) in [6.45, 7) is 6.31. The van der Waals surface area contributed by atoms with Gasteiger partial charge >= 0.3 is 0 Å². The smallest absolute Gasteiger partial charge is 0.148 e. The van der Waals surface area contributed by atoms with Crippen LogP contribution in [0.4, 0.5) is 5.82 Å². The average Bonchev–Trinajstić information content (AvgIpc) is 3.03. The van der Waals surface area contributed by atoms with Gasteiger partial charge in [-0.1, -0.05) is 18.5 Å². The van der Waals surface area contributed by atoms with Gasteiger partial charge in [0.1, 0.15) is 17.2 Å². The lowest BCUT2D eigenvalue weighted by Gasteiger charge is -2.31. The second-order valence-electron chi connectivity index (χ2n) is 5.91. The molecule has 0 atom stereocenters. The Morgan fingerprint density at radius 2 is 2.22 bits per heavy atom. The van der Waals surface area contributed by atoms with Gasteiger partial charge in [-0.25, -0.2) is 15.0 Å². The zero-order chi connectivity index (χ0) is 16.1. The summed E-state index contributed by atoms with van der Waals surface area (Å²) in [5.74, 6) is 1.40. The molecule has 23 heavy (non-hydrogen) atoms. The monoisotopic (exact) mass is 351 g/mol. The van der Waals surface area contributed by atoms with Crippen molar-refractivity contribution in [2.75, 3.05) is 25.0 Å². The van der Waals surface area contributed by atoms with Crippen molar-refractivity contribution in [1.29, 1.82) is 0 Å². The Morgan fingerprint density at radius 3 is 2.91 bits per heavy atom. The van der Waals surface area contributed by atoms with Crippen LogP contribution in [0, 0.1) is 5.92 Å². The molecule has 1 N–H and O–H groups in total. The summed E-state index contributed by atoms with van der Waals surface area (Å²) in [5, 5.41) is 7.36. The van der Waals surface area contributed by atoms with E-state index in [9.17, 15) is 0 Å². The van der Waals surface area contributed by atoms with Crippen LogP contribution in [-0.2, 0) is 13.0 Å². The summed E-state index contributed by atoms with van der Waals surface area (Å²) in [6.07, 6.45) is 6.57. The zero-order valence-electron chi connectivity index (χ0n) is 13.3. The summed E-state index contributed by atoms with van der Waals surface area (Å²) in [7, 11) is 0. The van der Waals surface area contributed by atoms with E-state index in [0.29, 0.717) is 10.9 Å². The molecule has 124 valence electrons. The molecular formula is C16H22ClN5S. The van der Waals surface area contributed by atoms with Crippen LogP contribution in [0.5, 0.6) is 0 Å². The van der Waals surface area contributed by atoms with Crippen molar-refractivity contribution in [3.05, 3.63) is 33.6 Å². The summed E-state index contributed by atoms with van der Waals surface area (Å²) in [4.78, 5) is 15.2. The molecule has 1 aliphatic heterocycles. The van der Waals surface area contributed by atoms with E-state index >= 15 is 0 Å². The highest BCUT2D eigenvalue weighted by Gasteiger charge is 2.20. The Hall–Kier alpha value is -1.24. The molecule has 7 heteroatoms. The van der Waals surface area contributed by atoms with E-state index in [1.807, 2.05) is 0 Å². The lowest BCUT2D eigenvalue weighted by molar-refractivity contribution is 0.181. The first-order chi connectivity index (χ1) is 11.2. The molecule has 0 saturated carbocycles. The highest BCUT2D eigenvalue weighted by molar-refractivity contribution is 7.09. The van der Waals surface area contributed by atoms with Crippen molar-refractivity contribution in [2.24, 2.45) is 5.92 Å². The molecule has 0 amide bonds. The molecule has 1 saturated heterocycles. The fraction of sp³-hybridized carbons (Fsp3) is 0.562. The van der Waals surface area contributed by atoms with Gasteiger partial charge < -0.3 is 5.32 Å². The van der Waals surface area contributed by atoms with E-state index in [0.717, 1.165) is 38.4 Å². The number of thiazole rings is 1. The number of hydrogen-bond acceptors (Lipinski definition) is 6. The minimum absolute atomic E-state index is 0.584. The van der Waals surface area contributed by atoms with Gasteiger partial charge in [0.05, 0.1) is 16.9 Å². The highest BCUT2D eigenvalue weighted by Crippen LogP contribution is 2.22. The number of hydrogen-bond donors (Lipinski definition) is 1. The second-order valence-corrected chi connectivity index (χ2v) is 7.26. The van der Waals surface area contributed by atoms with Crippen molar-refractivity contribution in [1.82, 2.24) is 19.9 Å². The lowest BCUT2D eigenvalue weighted by Crippen LogP contribution is -2.35. The fourth-order valence-electron chi connectivity index (χ4n) is 2.85. The molecule has 3 rings (SSSR count). The third-order valence-electron chi connectivity index (χ3n) is 4.22. The third kappa shape index (κ3) is 4.62. The van der Waals surface area contributed by atoms with Gasteiger partial charge in [0.2, 0.25) is 0 Å².